The van der Waals surface area contributed by atoms with E-state index in [2.05, 4.69) is 30.4 Å². The van der Waals surface area contributed by atoms with Crippen molar-refractivity contribution < 1.29 is 9.21 Å². The zero-order chi connectivity index (χ0) is 13.8. The van der Waals surface area contributed by atoms with Crippen molar-refractivity contribution in [3.05, 3.63) is 41.1 Å². The molecule has 0 atom stereocenters. The fourth-order valence-corrected chi connectivity index (χ4v) is 2.00. The molecular weight excluding hydrogens is 244 g/mol. The van der Waals surface area contributed by atoms with Crippen molar-refractivity contribution in [1.82, 2.24) is 15.2 Å². The lowest BCUT2D eigenvalue weighted by Gasteiger charge is -2.05. The normalized spacial score (nSPS) is 10.7. The van der Waals surface area contributed by atoms with E-state index in [1.165, 1.54) is 6.26 Å². The third-order valence-corrected chi connectivity index (χ3v) is 3.04. The highest BCUT2D eigenvalue weighted by Gasteiger charge is 2.16. The lowest BCUT2D eigenvalue weighted by Crippen LogP contribution is -2.30. The van der Waals surface area contributed by atoms with Crippen LogP contribution in [0.1, 0.15) is 41.4 Å². The summed E-state index contributed by atoms with van der Waals surface area (Å²) in [4.78, 5) is 11.5. The Morgan fingerprint density at radius 1 is 1.47 bits per heavy atom. The second-order valence-electron chi connectivity index (χ2n) is 4.24. The van der Waals surface area contributed by atoms with Crippen LogP contribution in [-0.2, 0) is 19.4 Å². The van der Waals surface area contributed by atoms with Crippen molar-refractivity contribution in [2.24, 2.45) is 5.84 Å². The standard InChI is InChI=1S/C13H18N4O2/c1-3-10-7-11(4-2)17(16-10)8-9-5-6-19-12(9)13(18)15-14/h5-7H,3-4,8,14H2,1-2H3,(H,15,18). The number of nitrogens with zero attached hydrogens (tertiary/aromatic N) is 2. The van der Waals surface area contributed by atoms with Crippen LogP contribution in [0.4, 0.5) is 0 Å². The quantitative estimate of drug-likeness (QED) is 0.482. The van der Waals surface area contributed by atoms with Gasteiger partial charge in [0.1, 0.15) is 0 Å². The highest BCUT2D eigenvalue weighted by molar-refractivity contribution is 5.92. The van der Waals surface area contributed by atoms with Crippen molar-refractivity contribution in [1.29, 1.82) is 0 Å². The molecule has 3 N–H and O–H groups in total. The van der Waals surface area contributed by atoms with Crippen LogP contribution in [0.15, 0.2) is 22.8 Å². The molecular formula is C13H18N4O2. The fourth-order valence-electron chi connectivity index (χ4n) is 2.00. The van der Waals surface area contributed by atoms with E-state index in [9.17, 15) is 4.79 Å². The topological polar surface area (TPSA) is 86.1 Å². The molecule has 6 heteroatoms. The molecule has 0 aliphatic rings. The summed E-state index contributed by atoms with van der Waals surface area (Å²) in [5.74, 6) is 4.93. The maximum atomic E-state index is 11.5. The predicted octanol–water partition coefficient (Wildman–Crippen LogP) is 1.25. The van der Waals surface area contributed by atoms with Gasteiger partial charge in [-0.15, -0.1) is 0 Å². The molecule has 0 fully saturated rings. The van der Waals surface area contributed by atoms with Gasteiger partial charge in [0.25, 0.3) is 0 Å². The number of nitrogens with one attached hydrogen (secondary N) is 1. The molecule has 2 rings (SSSR count). The molecule has 0 aromatic carbocycles. The van der Waals surface area contributed by atoms with Crippen LogP contribution in [0.3, 0.4) is 0 Å². The molecule has 0 bridgehead atoms. The van der Waals surface area contributed by atoms with Crippen molar-refractivity contribution in [3.63, 3.8) is 0 Å². The van der Waals surface area contributed by atoms with Crippen molar-refractivity contribution >= 4 is 5.91 Å². The molecule has 0 radical (unpaired) electrons. The Bertz CT molecular complexity index is 571. The molecule has 2 aromatic heterocycles. The van der Waals surface area contributed by atoms with Gasteiger partial charge in [-0.2, -0.15) is 5.10 Å². The Morgan fingerprint density at radius 3 is 2.89 bits per heavy atom. The second-order valence-corrected chi connectivity index (χ2v) is 4.24. The van der Waals surface area contributed by atoms with E-state index in [0.29, 0.717) is 6.54 Å². The van der Waals surface area contributed by atoms with Crippen LogP contribution >= 0.6 is 0 Å². The third kappa shape index (κ3) is 2.68. The number of nitrogen functional groups attached to an aromatic ring is 1. The Kier molecular flexibility index (Phi) is 4.01. The maximum absolute atomic E-state index is 11.5. The summed E-state index contributed by atoms with van der Waals surface area (Å²) in [5, 5.41) is 4.51. The molecule has 1 amide bonds. The number of furan rings is 1. The molecule has 0 saturated heterocycles. The number of carbonyl (C=O) groups excluding carboxylic acids is 1. The summed E-state index contributed by atoms with van der Waals surface area (Å²) in [6, 6.07) is 3.85. The van der Waals surface area contributed by atoms with Crippen LogP contribution in [0.25, 0.3) is 0 Å². The number of nitrogens with two attached hydrogens (primary N) is 1. The monoisotopic (exact) mass is 262 g/mol. The summed E-state index contributed by atoms with van der Waals surface area (Å²) >= 11 is 0. The van der Waals surface area contributed by atoms with E-state index in [-0.39, 0.29) is 5.76 Å². The summed E-state index contributed by atoms with van der Waals surface area (Å²) in [6.07, 6.45) is 3.26. The number of amides is 1. The number of hydrogen-bond donors (Lipinski definition) is 2. The number of hydrogen-bond acceptors (Lipinski definition) is 4. The molecule has 19 heavy (non-hydrogen) atoms. The summed E-state index contributed by atoms with van der Waals surface area (Å²) in [5.41, 5.74) is 5.03. The van der Waals surface area contributed by atoms with E-state index in [1.807, 2.05) is 4.68 Å². The zero-order valence-corrected chi connectivity index (χ0v) is 11.1. The number of hydrazine groups is 1. The lowest BCUT2D eigenvalue weighted by molar-refractivity contribution is 0.0924. The van der Waals surface area contributed by atoms with Crippen LogP contribution in [0.2, 0.25) is 0 Å². The fraction of sp³-hybridized carbons (Fsp3) is 0.385. The van der Waals surface area contributed by atoms with Gasteiger partial charge in [0.15, 0.2) is 5.76 Å². The number of aromatic nitrogens is 2. The average molecular weight is 262 g/mol. The predicted molar refractivity (Wildman–Crippen MR) is 70.4 cm³/mol. The molecule has 0 aliphatic heterocycles. The van der Waals surface area contributed by atoms with Crippen LogP contribution in [0, 0.1) is 0 Å². The summed E-state index contributed by atoms with van der Waals surface area (Å²) in [6.45, 7) is 4.65. The van der Waals surface area contributed by atoms with Gasteiger partial charge in [-0.05, 0) is 25.0 Å². The minimum absolute atomic E-state index is 0.234. The maximum Gasteiger partial charge on any atom is 0.301 e. The van der Waals surface area contributed by atoms with E-state index in [0.717, 1.165) is 29.8 Å². The smallest absolute Gasteiger partial charge is 0.301 e. The molecule has 6 nitrogen and oxygen atoms in total. The van der Waals surface area contributed by atoms with E-state index < -0.39 is 5.91 Å². The second kappa shape index (κ2) is 5.71. The first-order chi connectivity index (χ1) is 9.19. The third-order valence-electron chi connectivity index (χ3n) is 3.04. The van der Waals surface area contributed by atoms with Crippen molar-refractivity contribution in [3.8, 4) is 0 Å². The first kappa shape index (κ1) is 13.4. The molecule has 0 saturated carbocycles. The van der Waals surface area contributed by atoms with Gasteiger partial charge in [-0.25, -0.2) is 5.84 Å². The highest BCUT2D eigenvalue weighted by Crippen LogP contribution is 2.14. The molecule has 2 aromatic rings. The summed E-state index contributed by atoms with van der Waals surface area (Å²) < 4.78 is 7.06. The number of carbonyl (C=O) groups is 1. The van der Waals surface area contributed by atoms with E-state index in [1.54, 1.807) is 6.07 Å². The largest absolute Gasteiger partial charge is 0.459 e. The zero-order valence-electron chi connectivity index (χ0n) is 11.1. The van der Waals surface area contributed by atoms with Gasteiger partial charge in [0.05, 0.1) is 18.5 Å². The Balaban J connectivity index is 2.28. The van der Waals surface area contributed by atoms with Crippen LogP contribution in [0.5, 0.6) is 0 Å². The van der Waals surface area contributed by atoms with Crippen molar-refractivity contribution in [2.45, 2.75) is 33.2 Å². The molecule has 0 unspecified atom stereocenters. The SMILES string of the molecule is CCc1cc(CC)n(Cc2ccoc2C(=O)NN)n1. The minimum atomic E-state index is -0.430. The highest BCUT2D eigenvalue weighted by atomic mass is 16.3. The Hall–Kier alpha value is -2.08. The summed E-state index contributed by atoms with van der Waals surface area (Å²) in [7, 11) is 0. The Labute approximate surface area is 111 Å². The van der Waals surface area contributed by atoms with Crippen molar-refractivity contribution in [2.75, 3.05) is 0 Å². The number of aryl methyl sites for hydroxylation is 2. The molecule has 102 valence electrons. The van der Waals surface area contributed by atoms with E-state index >= 15 is 0 Å². The van der Waals surface area contributed by atoms with Gasteiger partial charge in [-0.3, -0.25) is 14.9 Å². The molecule has 2 heterocycles. The van der Waals surface area contributed by atoms with Gasteiger partial charge < -0.3 is 4.42 Å². The molecule has 0 aliphatic carbocycles. The van der Waals surface area contributed by atoms with E-state index in [4.69, 9.17) is 10.3 Å². The molecule has 0 spiro atoms. The lowest BCUT2D eigenvalue weighted by atomic mass is 10.2. The van der Waals surface area contributed by atoms with Crippen LogP contribution in [-0.4, -0.2) is 15.7 Å². The van der Waals surface area contributed by atoms with Gasteiger partial charge in [-0.1, -0.05) is 13.8 Å². The van der Waals surface area contributed by atoms with Gasteiger partial charge in [0.2, 0.25) is 0 Å². The van der Waals surface area contributed by atoms with Gasteiger partial charge >= 0.3 is 5.91 Å². The Morgan fingerprint density at radius 2 is 2.26 bits per heavy atom. The van der Waals surface area contributed by atoms with Crippen LogP contribution < -0.4 is 11.3 Å². The number of rotatable bonds is 5. The first-order valence-electron chi connectivity index (χ1n) is 6.32. The first-order valence-corrected chi connectivity index (χ1v) is 6.32. The average Bonchev–Trinajstić information content (AvgIpc) is 3.04. The van der Waals surface area contributed by atoms with Gasteiger partial charge in [0, 0.05) is 11.3 Å². The minimum Gasteiger partial charge on any atom is -0.459 e.